The van der Waals surface area contributed by atoms with Gasteiger partial charge in [0.15, 0.2) is 0 Å². The maximum Gasteiger partial charge on any atom is 2.00 e. The first-order valence-corrected chi connectivity index (χ1v) is 11.4. The third kappa shape index (κ3) is 52.2. The summed E-state index contributed by atoms with van der Waals surface area (Å²) >= 11 is 0. The zero-order chi connectivity index (χ0) is 19.4. The molecule has 0 aromatic carbocycles. The van der Waals surface area contributed by atoms with Gasteiger partial charge >= 0.3 is 63.2 Å². The van der Waals surface area contributed by atoms with Crippen LogP contribution in [0.5, 0.6) is 0 Å². The fourth-order valence-corrected chi connectivity index (χ4v) is 2.65. The van der Waals surface area contributed by atoms with Gasteiger partial charge in [-0.1, -0.05) is 96.8 Å². The van der Waals surface area contributed by atoms with Crippen LogP contribution in [0.4, 0.5) is 0 Å². The van der Waals surface area contributed by atoms with Crippen molar-refractivity contribution in [3.05, 3.63) is 0 Å². The molecule has 0 bridgehead atoms. The molecule has 6 nitrogen and oxygen atoms in total. The van der Waals surface area contributed by atoms with Gasteiger partial charge in [-0.3, -0.25) is 4.79 Å². The summed E-state index contributed by atoms with van der Waals surface area (Å²) in [5.41, 5.74) is 0. The second-order valence-electron chi connectivity index (χ2n) is 6.59. The van der Waals surface area contributed by atoms with E-state index < -0.39 is 15.0 Å². The summed E-state index contributed by atoms with van der Waals surface area (Å²) in [5.74, 6) is -0.653. The molecule has 0 atom stereocenters. The van der Waals surface area contributed by atoms with E-state index in [1.54, 1.807) is 0 Å². The summed E-state index contributed by atoms with van der Waals surface area (Å²) in [7, 11) is -5.61. The summed E-state index contributed by atoms with van der Waals surface area (Å²) in [4.78, 5) is 44.6. The Balaban J connectivity index is -0.000000333. The molecule has 0 radical (unpaired) electrons. The van der Waals surface area contributed by atoms with Crippen molar-refractivity contribution in [1.29, 1.82) is 0 Å². The fraction of sp³-hybridized carbons (Fsp3) is 0.944. The molecule has 0 aliphatic carbocycles. The minimum Gasteiger partial charge on any atom is -0.894 e. The van der Waals surface area contributed by atoms with Gasteiger partial charge in [-0.15, -0.1) is 0 Å². The summed E-state index contributed by atoms with van der Waals surface area (Å²) in [6.07, 6.45) is 20.2. The summed E-state index contributed by atoms with van der Waals surface area (Å²) in [6.45, 7) is 2.27. The number of carboxylic acid groups (broad SMARTS) is 1. The maximum absolute atomic E-state index is 10.3. The van der Waals surface area contributed by atoms with E-state index in [0.717, 1.165) is 12.8 Å². The summed E-state index contributed by atoms with van der Waals surface area (Å²) in [5, 5.41) is 8.52. The Morgan fingerprint density at radius 3 is 1.11 bits per heavy atom. The largest absolute Gasteiger partial charge is 2.00 e. The first-order valence-electron chi connectivity index (χ1n) is 9.80. The Morgan fingerprint density at radius 2 is 0.889 bits per heavy atom. The van der Waals surface area contributed by atoms with Crippen molar-refractivity contribution in [2.45, 2.75) is 110 Å². The molecule has 0 aliphatic heterocycles. The predicted molar refractivity (Wildman–Crippen MR) is 98.7 cm³/mol. The molecule has 0 heterocycles. The molecule has 0 aromatic heterocycles. The zero-order valence-electron chi connectivity index (χ0n) is 17.2. The molecule has 0 aliphatic rings. The quantitative estimate of drug-likeness (QED) is 0.256. The van der Waals surface area contributed by atoms with Crippen LogP contribution in [0, 0.1) is 0 Å². The molecular formula is C18H36CaO6SiZn. The molecule has 0 saturated heterocycles. The van der Waals surface area contributed by atoms with E-state index in [1.165, 1.54) is 83.5 Å². The number of rotatable bonds is 16. The zero-order valence-corrected chi connectivity index (χ0v) is 23.4. The van der Waals surface area contributed by atoms with E-state index in [-0.39, 0.29) is 57.2 Å². The van der Waals surface area contributed by atoms with Gasteiger partial charge in [-0.25, -0.2) is 0 Å². The number of carbonyl (C=O) groups is 1. The normalized spacial score (nSPS) is 10.3. The molecular weight excluding hydrogens is 446 g/mol. The van der Waals surface area contributed by atoms with Crippen LogP contribution in [0.15, 0.2) is 0 Å². The van der Waals surface area contributed by atoms with E-state index in [2.05, 4.69) is 6.92 Å². The maximum atomic E-state index is 10.3. The molecule has 152 valence electrons. The van der Waals surface area contributed by atoms with Gasteiger partial charge in [0.05, 0.1) is 0 Å². The van der Waals surface area contributed by atoms with Crippen LogP contribution in [0.1, 0.15) is 110 Å². The minimum absolute atomic E-state index is 0. The standard InChI is InChI=1S/C18H36O2.Ca.O4Si.Zn/c1-2-3-4-5-6-7-8-9-10-11-12-13-14-15-16-17-18(19)20;;1-5(2,3)4;/h2-17H2,1H3,(H,19,20);;;/q;+2;-4;+2. The van der Waals surface area contributed by atoms with Crippen molar-refractivity contribution in [2.75, 3.05) is 0 Å². The Morgan fingerprint density at radius 1 is 0.667 bits per heavy atom. The summed E-state index contributed by atoms with van der Waals surface area (Å²) in [6, 6.07) is 0. The number of hydrogen-bond acceptors (Lipinski definition) is 5. The fourth-order valence-electron chi connectivity index (χ4n) is 2.65. The van der Waals surface area contributed by atoms with Crippen LogP contribution < -0.4 is 19.2 Å². The van der Waals surface area contributed by atoms with Crippen molar-refractivity contribution >= 4 is 52.8 Å². The number of hydrogen-bond donors (Lipinski definition) is 1. The van der Waals surface area contributed by atoms with Crippen LogP contribution >= 0.6 is 0 Å². The van der Waals surface area contributed by atoms with Crippen LogP contribution in [0.2, 0.25) is 0 Å². The summed E-state index contributed by atoms with van der Waals surface area (Å²) < 4.78 is 0. The number of aliphatic carboxylic acids is 1. The van der Waals surface area contributed by atoms with E-state index >= 15 is 0 Å². The van der Waals surface area contributed by atoms with Crippen molar-refractivity contribution in [2.24, 2.45) is 0 Å². The van der Waals surface area contributed by atoms with E-state index in [1.807, 2.05) is 0 Å². The van der Waals surface area contributed by atoms with E-state index in [9.17, 15) is 4.79 Å². The van der Waals surface area contributed by atoms with E-state index in [0.29, 0.717) is 6.42 Å². The van der Waals surface area contributed by atoms with Crippen LogP contribution in [0.25, 0.3) is 0 Å². The average Bonchev–Trinajstić information content (AvgIpc) is 2.49. The first-order chi connectivity index (χ1) is 11.8. The molecule has 0 aromatic rings. The molecule has 0 spiro atoms. The molecule has 1 N–H and O–H groups in total. The molecule has 0 amide bonds. The Hall–Kier alpha value is 1.41. The Kier molecular flexibility index (Phi) is 36.4. The third-order valence-corrected chi connectivity index (χ3v) is 3.99. The van der Waals surface area contributed by atoms with Gasteiger partial charge in [-0.2, -0.15) is 0 Å². The molecule has 0 fully saturated rings. The van der Waals surface area contributed by atoms with Gasteiger partial charge in [0.1, 0.15) is 0 Å². The molecule has 0 rings (SSSR count). The van der Waals surface area contributed by atoms with Crippen LogP contribution in [-0.2, 0) is 24.3 Å². The minimum atomic E-state index is -5.61. The Labute approximate surface area is 209 Å². The Bertz CT molecular complexity index is 288. The predicted octanol–water partition coefficient (Wildman–Crippen LogP) is 0.812. The average molecular weight is 482 g/mol. The molecule has 0 unspecified atom stereocenters. The van der Waals surface area contributed by atoms with Crippen LogP contribution in [0.3, 0.4) is 0 Å². The van der Waals surface area contributed by atoms with Crippen molar-refractivity contribution in [1.82, 2.24) is 0 Å². The smallest absolute Gasteiger partial charge is 0.894 e. The van der Waals surface area contributed by atoms with E-state index in [4.69, 9.17) is 24.3 Å². The van der Waals surface area contributed by atoms with Crippen molar-refractivity contribution in [3.8, 4) is 0 Å². The number of carboxylic acids is 1. The third-order valence-electron chi connectivity index (χ3n) is 3.99. The number of unbranched alkanes of at least 4 members (excludes halogenated alkanes) is 14. The van der Waals surface area contributed by atoms with Gasteiger partial charge in [0.2, 0.25) is 0 Å². The SMILES string of the molecule is CCCCCCCCCCCCCCCCCC(=O)O.[Ca+2].[O-][Si]([O-])([O-])[O-].[Zn+2]. The van der Waals surface area contributed by atoms with Gasteiger partial charge in [-0.05, 0) is 6.42 Å². The second kappa shape index (κ2) is 27.4. The molecule has 0 saturated carbocycles. The topological polar surface area (TPSA) is 130 Å². The van der Waals surface area contributed by atoms with Gasteiger partial charge in [0.25, 0.3) is 0 Å². The first kappa shape index (κ1) is 35.8. The van der Waals surface area contributed by atoms with Crippen molar-refractivity contribution < 1.29 is 48.6 Å². The van der Waals surface area contributed by atoms with Gasteiger partial charge < -0.3 is 33.3 Å². The van der Waals surface area contributed by atoms with Gasteiger partial charge in [0, 0.05) is 6.42 Å². The second-order valence-corrected chi connectivity index (χ2v) is 7.59. The van der Waals surface area contributed by atoms with Crippen molar-refractivity contribution in [3.63, 3.8) is 0 Å². The monoisotopic (exact) mass is 480 g/mol. The van der Waals surface area contributed by atoms with Crippen LogP contribution in [-0.4, -0.2) is 57.9 Å². The molecule has 27 heavy (non-hydrogen) atoms. The molecule has 9 heteroatoms.